The molecule has 31 heavy (non-hydrogen) atoms. The highest BCUT2D eigenvalue weighted by Crippen LogP contribution is 2.29. The Morgan fingerprint density at radius 3 is 2.61 bits per heavy atom. The Kier molecular flexibility index (Phi) is 6.71. The highest BCUT2D eigenvalue weighted by molar-refractivity contribution is 7.92. The van der Waals surface area contributed by atoms with E-state index in [0.717, 1.165) is 5.41 Å². The molecule has 8 nitrogen and oxygen atoms in total. The lowest BCUT2D eigenvalue weighted by Crippen LogP contribution is -2.33. The van der Waals surface area contributed by atoms with Crippen LogP contribution in [-0.4, -0.2) is 39.6 Å². The maximum absolute atomic E-state index is 14.8. The van der Waals surface area contributed by atoms with Gasteiger partial charge in [0.25, 0.3) is 0 Å². The minimum atomic E-state index is -3.53. The molecular weight excluding hydrogens is 425 g/mol. The normalized spacial score (nSPS) is 16.1. The molecule has 0 radical (unpaired) electrons. The van der Waals surface area contributed by atoms with Crippen LogP contribution in [-0.2, 0) is 26.1 Å². The molecular formula is C21H22FN3O5S. The summed E-state index contributed by atoms with van der Waals surface area (Å²) >= 11 is 0. The van der Waals surface area contributed by atoms with Crippen LogP contribution in [0.1, 0.15) is 12.5 Å². The van der Waals surface area contributed by atoms with Gasteiger partial charge in [0.05, 0.1) is 18.8 Å². The molecule has 3 rings (SSSR count). The van der Waals surface area contributed by atoms with Crippen LogP contribution in [0.15, 0.2) is 54.5 Å². The molecule has 1 heterocycles. The summed E-state index contributed by atoms with van der Waals surface area (Å²) in [7, 11) is -3.53. The average Bonchev–Trinajstić information content (AvgIpc) is 3.12. The number of benzene rings is 2. The molecule has 2 aromatic rings. The molecule has 0 aromatic heterocycles. The first-order valence-corrected chi connectivity index (χ1v) is 11.0. The monoisotopic (exact) mass is 447 g/mol. The molecule has 1 saturated heterocycles. The van der Waals surface area contributed by atoms with Crippen LogP contribution in [0.2, 0.25) is 0 Å². The fourth-order valence-corrected chi connectivity index (χ4v) is 3.53. The summed E-state index contributed by atoms with van der Waals surface area (Å²) in [5.74, 6) is -0.746. The number of hydrogen-bond acceptors (Lipinski definition) is 5. The summed E-state index contributed by atoms with van der Waals surface area (Å²) in [5.41, 5.74) is 2.00. The van der Waals surface area contributed by atoms with E-state index >= 15 is 0 Å². The van der Waals surface area contributed by atoms with Gasteiger partial charge in [-0.1, -0.05) is 30.8 Å². The van der Waals surface area contributed by atoms with Crippen molar-refractivity contribution >= 4 is 27.7 Å². The van der Waals surface area contributed by atoms with Crippen LogP contribution in [0.3, 0.4) is 0 Å². The molecule has 0 bridgehead atoms. The standard InChI is InChI=1S/C21H22FN3O5S/c1-3-31(28,29)24-11-15-4-6-16(7-5-15)19-9-8-17(10-20(19)22)25-13-18(30-21(25)27)12-23-14(2)26/h3-10,18,24H,1,11-13H2,2H3,(H,23,26)/t18-/m0/s1. The molecule has 10 heteroatoms. The molecule has 0 unspecified atom stereocenters. The second-order valence-corrected chi connectivity index (χ2v) is 8.66. The molecule has 1 aliphatic heterocycles. The molecule has 2 aromatic carbocycles. The van der Waals surface area contributed by atoms with Gasteiger partial charge in [-0.2, -0.15) is 0 Å². The topological polar surface area (TPSA) is 105 Å². The SMILES string of the molecule is C=CS(=O)(=O)NCc1ccc(-c2ccc(N3C[C@H](CNC(C)=O)OC3=O)cc2F)cc1. The van der Waals surface area contributed by atoms with Gasteiger partial charge in [0.15, 0.2) is 0 Å². The lowest BCUT2D eigenvalue weighted by Gasteiger charge is -2.15. The zero-order chi connectivity index (χ0) is 22.6. The molecule has 164 valence electrons. The van der Waals surface area contributed by atoms with Crippen molar-refractivity contribution in [2.24, 2.45) is 0 Å². The molecule has 0 aliphatic carbocycles. The fourth-order valence-electron chi connectivity index (χ4n) is 3.05. The van der Waals surface area contributed by atoms with Crippen LogP contribution >= 0.6 is 0 Å². The minimum Gasteiger partial charge on any atom is -0.442 e. The number of nitrogens with zero attached hydrogens (tertiary/aromatic N) is 1. The van der Waals surface area contributed by atoms with E-state index in [1.807, 2.05) is 0 Å². The summed E-state index contributed by atoms with van der Waals surface area (Å²) in [5, 5.41) is 3.42. The zero-order valence-electron chi connectivity index (χ0n) is 16.8. The summed E-state index contributed by atoms with van der Waals surface area (Å²) in [6.45, 7) is 5.08. The summed E-state index contributed by atoms with van der Waals surface area (Å²) in [4.78, 5) is 24.4. The number of carbonyl (C=O) groups excluding carboxylic acids is 2. The van der Waals surface area contributed by atoms with E-state index in [0.29, 0.717) is 22.4 Å². The molecule has 2 N–H and O–H groups in total. The predicted octanol–water partition coefficient (Wildman–Crippen LogP) is 2.52. The number of halogens is 1. The third kappa shape index (κ3) is 5.68. The lowest BCUT2D eigenvalue weighted by molar-refractivity contribution is -0.119. The van der Waals surface area contributed by atoms with Crippen molar-refractivity contribution in [3.63, 3.8) is 0 Å². The van der Waals surface area contributed by atoms with E-state index in [-0.39, 0.29) is 25.5 Å². The van der Waals surface area contributed by atoms with Gasteiger partial charge in [0.1, 0.15) is 11.9 Å². The Labute approximate surface area is 179 Å². The van der Waals surface area contributed by atoms with E-state index in [2.05, 4.69) is 16.6 Å². The van der Waals surface area contributed by atoms with E-state index in [9.17, 15) is 22.4 Å². The third-order valence-electron chi connectivity index (χ3n) is 4.68. The first-order valence-electron chi connectivity index (χ1n) is 9.42. The van der Waals surface area contributed by atoms with Gasteiger partial charge in [-0.25, -0.2) is 22.3 Å². The lowest BCUT2D eigenvalue weighted by atomic mass is 10.0. The van der Waals surface area contributed by atoms with Crippen molar-refractivity contribution in [1.82, 2.24) is 10.0 Å². The Morgan fingerprint density at radius 2 is 2.00 bits per heavy atom. The van der Waals surface area contributed by atoms with Crippen LogP contribution < -0.4 is 14.9 Å². The first kappa shape index (κ1) is 22.4. The second-order valence-electron chi connectivity index (χ2n) is 6.95. The number of ether oxygens (including phenoxy) is 1. The summed E-state index contributed by atoms with van der Waals surface area (Å²) in [6.07, 6.45) is -1.11. The van der Waals surface area contributed by atoms with Crippen molar-refractivity contribution < 1.29 is 27.1 Å². The number of sulfonamides is 1. The smallest absolute Gasteiger partial charge is 0.414 e. The fraction of sp³-hybridized carbons (Fsp3) is 0.238. The number of nitrogens with one attached hydrogen (secondary N) is 2. The Morgan fingerprint density at radius 1 is 1.29 bits per heavy atom. The molecule has 1 fully saturated rings. The quantitative estimate of drug-likeness (QED) is 0.647. The Hall–Kier alpha value is -3.24. The summed E-state index contributed by atoms with van der Waals surface area (Å²) in [6, 6.07) is 11.2. The van der Waals surface area contributed by atoms with Crippen molar-refractivity contribution in [2.45, 2.75) is 19.6 Å². The zero-order valence-corrected chi connectivity index (χ0v) is 17.6. The van der Waals surface area contributed by atoms with Crippen LogP contribution in [0.25, 0.3) is 11.1 Å². The molecule has 0 spiro atoms. The second kappa shape index (κ2) is 9.27. The van der Waals surface area contributed by atoms with Gasteiger partial charge in [-0.15, -0.1) is 0 Å². The van der Waals surface area contributed by atoms with Gasteiger partial charge in [0, 0.05) is 24.4 Å². The number of anilines is 1. The number of hydrogen-bond donors (Lipinski definition) is 2. The van der Waals surface area contributed by atoms with Gasteiger partial charge in [-0.3, -0.25) is 9.69 Å². The number of cyclic esters (lactones) is 1. The van der Waals surface area contributed by atoms with Crippen LogP contribution in [0.5, 0.6) is 0 Å². The highest BCUT2D eigenvalue weighted by atomic mass is 32.2. The number of amides is 2. The van der Waals surface area contributed by atoms with Gasteiger partial charge in [-0.05, 0) is 29.3 Å². The Bertz CT molecular complexity index is 1100. The van der Waals surface area contributed by atoms with Gasteiger partial charge >= 0.3 is 6.09 Å². The van der Waals surface area contributed by atoms with Crippen molar-refractivity contribution in [1.29, 1.82) is 0 Å². The van der Waals surface area contributed by atoms with E-state index in [1.165, 1.54) is 17.9 Å². The van der Waals surface area contributed by atoms with Crippen molar-refractivity contribution in [3.05, 3.63) is 65.8 Å². The molecule has 2 amide bonds. The summed E-state index contributed by atoms with van der Waals surface area (Å²) < 4.78 is 45.2. The third-order valence-corrected chi connectivity index (χ3v) is 5.66. The maximum atomic E-state index is 14.8. The van der Waals surface area contributed by atoms with E-state index in [1.54, 1.807) is 36.4 Å². The van der Waals surface area contributed by atoms with E-state index in [4.69, 9.17) is 4.74 Å². The van der Waals surface area contributed by atoms with Crippen molar-refractivity contribution in [2.75, 3.05) is 18.0 Å². The minimum absolute atomic E-state index is 0.0901. The van der Waals surface area contributed by atoms with Gasteiger partial charge in [0.2, 0.25) is 15.9 Å². The predicted molar refractivity (Wildman–Crippen MR) is 114 cm³/mol. The number of carbonyl (C=O) groups is 2. The first-order chi connectivity index (χ1) is 14.7. The Balaban J connectivity index is 1.70. The van der Waals surface area contributed by atoms with Gasteiger partial charge < -0.3 is 10.1 Å². The van der Waals surface area contributed by atoms with Crippen molar-refractivity contribution in [3.8, 4) is 11.1 Å². The van der Waals surface area contributed by atoms with E-state index < -0.39 is 28.0 Å². The maximum Gasteiger partial charge on any atom is 0.414 e. The molecule has 1 aliphatic rings. The van der Waals surface area contributed by atoms with Crippen LogP contribution in [0, 0.1) is 5.82 Å². The highest BCUT2D eigenvalue weighted by Gasteiger charge is 2.32. The average molecular weight is 447 g/mol. The largest absolute Gasteiger partial charge is 0.442 e. The molecule has 0 saturated carbocycles. The molecule has 1 atom stereocenters. The number of rotatable bonds is 8. The van der Waals surface area contributed by atoms with Crippen LogP contribution in [0.4, 0.5) is 14.9 Å².